The number of ether oxygens (including phenoxy) is 2. The molecule has 0 bridgehead atoms. The van der Waals surface area contributed by atoms with E-state index in [0.29, 0.717) is 18.5 Å². The standard InChI is InChI=1S/C18H26F3N3O2/c1-25-16-10-13(8-9-15(16)26-12-18(19,20)21)11-23-17(22)24-14-6-4-2-3-5-7-14/h8-10,14H,2-7,11-12H2,1H3,(H3,22,23,24). The Balaban J connectivity index is 1.93. The van der Waals surface area contributed by atoms with Crippen molar-refractivity contribution < 1.29 is 22.6 Å². The fourth-order valence-corrected chi connectivity index (χ4v) is 2.94. The summed E-state index contributed by atoms with van der Waals surface area (Å²) in [7, 11) is 1.38. The van der Waals surface area contributed by atoms with Crippen molar-refractivity contribution in [1.82, 2.24) is 5.32 Å². The Hall–Kier alpha value is -2.12. The zero-order valence-corrected chi connectivity index (χ0v) is 14.9. The second-order valence-electron chi connectivity index (χ2n) is 6.42. The molecular formula is C18H26F3N3O2. The van der Waals surface area contributed by atoms with Gasteiger partial charge in [0.05, 0.1) is 13.7 Å². The Labute approximate surface area is 151 Å². The van der Waals surface area contributed by atoms with Crippen molar-refractivity contribution in [2.24, 2.45) is 10.7 Å². The highest BCUT2D eigenvalue weighted by atomic mass is 19.4. The predicted molar refractivity (Wildman–Crippen MR) is 94.5 cm³/mol. The van der Waals surface area contributed by atoms with Crippen LogP contribution in [0.3, 0.4) is 0 Å². The molecule has 2 rings (SSSR count). The van der Waals surface area contributed by atoms with Gasteiger partial charge in [0.15, 0.2) is 24.1 Å². The van der Waals surface area contributed by atoms with E-state index in [1.807, 2.05) is 0 Å². The molecule has 0 unspecified atom stereocenters. The summed E-state index contributed by atoms with van der Waals surface area (Å²) >= 11 is 0. The van der Waals surface area contributed by atoms with Crippen LogP contribution in [-0.2, 0) is 6.54 Å². The number of hydrogen-bond donors (Lipinski definition) is 2. The summed E-state index contributed by atoms with van der Waals surface area (Å²) in [5.74, 6) is 0.660. The van der Waals surface area contributed by atoms with Crippen LogP contribution in [0.4, 0.5) is 13.2 Å². The van der Waals surface area contributed by atoms with Gasteiger partial charge in [0.1, 0.15) is 0 Å². The average molecular weight is 373 g/mol. The molecule has 0 saturated heterocycles. The highest BCUT2D eigenvalue weighted by Crippen LogP contribution is 2.30. The first kappa shape index (κ1) is 20.2. The molecule has 0 aliphatic heterocycles. The fourth-order valence-electron chi connectivity index (χ4n) is 2.94. The Morgan fingerprint density at radius 2 is 1.88 bits per heavy atom. The molecule has 1 aliphatic rings. The summed E-state index contributed by atoms with van der Waals surface area (Å²) in [4.78, 5) is 4.32. The molecule has 3 N–H and O–H groups in total. The van der Waals surface area contributed by atoms with Gasteiger partial charge in [-0.1, -0.05) is 31.7 Å². The van der Waals surface area contributed by atoms with E-state index in [-0.39, 0.29) is 11.5 Å². The molecule has 1 aromatic rings. The van der Waals surface area contributed by atoms with Crippen LogP contribution >= 0.6 is 0 Å². The molecule has 0 spiro atoms. The lowest BCUT2D eigenvalue weighted by molar-refractivity contribution is -0.153. The first-order valence-electron chi connectivity index (χ1n) is 8.80. The second-order valence-corrected chi connectivity index (χ2v) is 6.42. The third-order valence-electron chi connectivity index (χ3n) is 4.26. The molecule has 0 aromatic heterocycles. The van der Waals surface area contributed by atoms with Crippen LogP contribution in [0.2, 0.25) is 0 Å². The van der Waals surface area contributed by atoms with Crippen molar-refractivity contribution in [3.63, 3.8) is 0 Å². The van der Waals surface area contributed by atoms with Crippen molar-refractivity contribution in [2.75, 3.05) is 13.7 Å². The number of nitrogens with one attached hydrogen (secondary N) is 1. The van der Waals surface area contributed by atoms with E-state index in [9.17, 15) is 13.2 Å². The highest BCUT2D eigenvalue weighted by molar-refractivity contribution is 5.78. The van der Waals surface area contributed by atoms with Crippen LogP contribution in [0.15, 0.2) is 23.2 Å². The number of halogens is 3. The number of nitrogens with zero attached hydrogens (tertiary/aromatic N) is 1. The van der Waals surface area contributed by atoms with E-state index in [1.54, 1.807) is 12.1 Å². The van der Waals surface area contributed by atoms with Crippen LogP contribution in [0.25, 0.3) is 0 Å². The van der Waals surface area contributed by atoms with E-state index in [4.69, 9.17) is 15.2 Å². The maximum Gasteiger partial charge on any atom is 0.422 e. The Bertz CT molecular complexity index is 598. The summed E-state index contributed by atoms with van der Waals surface area (Å²) in [5, 5.41) is 3.25. The van der Waals surface area contributed by atoms with Crippen molar-refractivity contribution in [1.29, 1.82) is 0 Å². The molecule has 5 nitrogen and oxygen atoms in total. The van der Waals surface area contributed by atoms with Crippen LogP contribution < -0.4 is 20.5 Å². The number of hydrogen-bond acceptors (Lipinski definition) is 3. The Morgan fingerprint density at radius 1 is 1.19 bits per heavy atom. The zero-order chi connectivity index (χ0) is 19.0. The Morgan fingerprint density at radius 3 is 2.50 bits per heavy atom. The lowest BCUT2D eigenvalue weighted by atomic mass is 10.1. The molecule has 0 heterocycles. The van der Waals surface area contributed by atoms with Crippen molar-refractivity contribution in [3.8, 4) is 11.5 Å². The maximum atomic E-state index is 12.3. The van der Waals surface area contributed by atoms with Gasteiger partial charge in [-0.15, -0.1) is 0 Å². The van der Waals surface area contributed by atoms with Gasteiger partial charge in [0.2, 0.25) is 0 Å². The highest BCUT2D eigenvalue weighted by Gasteiger charge is 2.29. The molecule has 0 amide bonds. The van der Waals surface area contributed by atoms with Gasteiger partial charge in [-0.3, -0.25) is 0 Å². The van der Waals surface area contributed by atoms with Gasteiger partial charge in [0.25, 0.3) is 0 Å². The molecule has 0 radical (unpaired) electrons. The maximum absolute atomic E-state index is 12.3. The smallest absolute Gasteiger partial charge is 0.422 e. The minimum Gasteiger partial charge on any atom is -0.493 e. The molecule has 1 aromatic carbocycles. The normalized spacial score (nSPS) is 16.8. The van der Waals surface area contributed by atoms with Crippen LogP contribution in [0, 0.1) is 0 Å². The molecule has 8 heteroatoms. The fraction of sp³-hybridized carbons (Fsp3) is 0.611. The van der Waals surface area contributed by atoms with Gasteiger partial charge in [-0.25, -0.2) is 4.99 Å². The third kappa shape index (κ3) is 7.01. The van der Waals surface area contributed by atoms with Crippen molar-refractivity contribution >= 4 is 5.96 Å². The van der Waals surface area contributed by atoms with Gasteiger partial charge in [-0.2, -0.15) is 13.2 Å². The number of aliphatic imine (C=N–C) groups is 1. The predicted octanol–water partition coefficient (Wildman–Crippen LogP) is 3.76. The average Bonchev–Trinajstić information content (AvgIpc) is 2.86. The minimum absolute atomic E-state index is 0.0436. The number of rotatable bonds is 6. The summed E-state index contributed by atoms with van der Waals surface area (Å²) in [6.07, 6.45) is 2.70. The summed E-state index contributed by atoms with van der Waals surface area (Å²) in [6, 6.07) is 5.06. The lowest BCUT2D eigenvalue weighted by Crippen LogP contribution is -2.39. The van der Waals surface area contributed by atoms with Crippen LogP contribution in [0.5, 0.6) is 11.5 Å². The molecule has 1 fully saturated rings. The van der Waals surface area contributed by atoms with Gasteiger partial charge in [-0.05, 0) is 30.5 Å². The number of guanidine groups is 1. The third-order valence-corrected chi connectivity index (χ3v) is 4.26. The van der Waals surface area contributed by atoms with Crippen LogP contribution in [0.1, 0.15) is 44.1 Å². The van der Waals surface area contributed by atoms with Gasteiger partial charge in [0, 0.05) is 6.04 Å². The molecular weight excluding hydrogens is 347 g/mol. The molecule has 0 atom stereocenters. The SMILES string of the molecule is COc1cc(CN=C(N)NC2CCCCCC2)ccc1OCC(F)(F)F. The van der Waals surface area contributed by atoms with Crippen LogP contribution in [-0.4, -0.2) is 31.9 Å². The van der Waals surface area contributed by atoms with Crippen molar-refractivity contribution in [3.05, 3.63) is 23.8 Å². The summed E-state index contributed by atoms with van der Waals surface area (Å²) < 4.78 is 46.7. The van der Waals surface area contributed by atoms with E-state index in [0.717, 1.165) is 18.4 Å². The molecule has 1 aliphatic carbocycles. The van der Waals surface area contributed by atoms with E-state index in [2.05, 4.69) is 10.3 Å². The molecule has 26 heavy (non-hydrogen) atoms. The van der Waals surface area contributed by atoms with E-state index in [1.165, 1.54) is 38.9 Å². The Kier molecular flexibility index (Phi) is 7.41. The summed E-state index contributed by atoms with van der Waals surface area (Å²) in [5.41, 5.74) is 6.73. The number of alkyl halides is 3. The second kappa shape index (κ2) is 9.54. The molecule has 1 saturated carbocycles. The largest absolute Gasteiger partial charge is 0.493 e. The zero-order valence-electron chi connectivity index (χ0n) is 14.9. The quantitative estimate of drug-likeness (QED) is 0.453. The lowest BCUT2D eigenvalue weighted by Gasteiger charge is -2.17. The van der Waals surface area contributed by atoms with Crippen molar-refractivity contribution in [2.45, 2.75) is 57.3 Å². The number of methoxy groups -OCH3 is 1. The van der Waals surface area contributed by atoms with E-state index < -0.39 is 12.8 Å². The minimum atomic E-state index is -4.40. The number of benzene rings is 1. The monoisotopic (exact) mass is 373 g/mol. The topological polar surface area (TPSA) is 68.9 Å². The number of nitrogens with two attached hydrogens (primary N) is 1. The summed E-state index contributed by atoms with van der Waals surface area (Å²) in [6.45, 7) is -1.05. The first-order valence-corrected chi connectivity index (χ1v) is 8.80. The van der Waals surface area contributed by atoms with Gasteiger partial charge >= 0.3 is 6.18 Å². The first-order chi connectivity index (χ1) is 12.4. The van der Waals surface area contributed by atoms with E-state index >= 15 is 0 Å². The van der Waals surface area contributed by atoms with Gasteiger partial charge < -0.3 is 20.5 Å². The molecule has 146 valence electrons.